The zero-order chi connectivity index (χ0) is 17.2. The average Bonchev–Trinajstić information content (AvgIpc) is 2.55. The number of carbonyl (C=O) groups excluding carboxylic acids is 1. The van der Waals surface area contributed by atoms with Crippen molar-refractivity contribution >= 4 is 5.78 Å². The van der Waals surface area contributed by atoms with E-state index in [1.54, 1.807) is 0 Å². The second kappa shape index (κ2) is 18.0. The molecule has 0 N–H and O–H groups in total. The maximum absolute atomic E-state index is 12.2. The number of Topliss-reactive ketones (excluding diaryl/α,β-unsaturated/α-hetero) is 1. The molecule has 0 rings (SSSR count). The maximum Gasteiger partial charge on any atom is 0.135 e. The third kappa shape index (κ3) is 15.0. The van der Waals surface area contributed by atoms with Crippen LogP contribution < -0.4 is 0 Å². The van der Waals surface area contributed by atoms with Crippen molar-refractivity contribution in [3.05, 3.63) is 0 Å². The van der Waals surface area contributed by atoms with E-state index in [2.05, 4.69) is 20.8 Å². The highest BCUT2D eigenvalue weighted by Crippen LogP contribution is 2.18. The Labute approximate surface area is 147 Å². The van der Waals surface area contributed by atoms with E-state index in [-0.39, 0.29) is 0 Å². The summed E-state index contributed by atoms with van der Waals surface area (Å²) in [6, 6.07) is 0. The van der Waals surface area contributed by atoms with Gasteiger partial charge in [0, 0.05) is 12.3 Å². The molecule has 0 radical (unpaired) electrons. The standard InChI is InChI=1S/C22H44O/c1-4-7-8-9-10-11-12-13-14-15-16-17-20-22(23)21(18-5-2)19-6-3/h21H,4-20H2,1-3H3. The summed E-state index contributed by atoms with van der Waals surface area (Å²) in [5, 5.41) is 0. The van der Waals surface area contributed by atoms with E-state index < -0.39 is 0 Å². The number of unbranched alkanes of at least 4 members (excludes halogenated alkanes) is 11. The Hall–Kier alpha value is -0.330. The van der Waals surface area contributed by atoms with Gasteiger partial charge in [-0.1, -0.05) is 104 Å². The highest BCUT2D eigenvalue weighted by Gasteiger charge is 2.15. The monoisotopic (exact) mass is 324 g/mol. The molecule has 0 saturated carbocycles. The quantitative estimate of drug-likeness (QED) is 0.234. The van der Waals surface area contributed by atoms with Crippen LogP contribution in [0.25, 0.3) is 0 Å². The van der Waals surface area contributed by atoms with Crippen LogP contribution in [0.3, 0.4) is 0 Å². The molecule has 1 heteroatoms. The summed E-state index contributed by atoms with van der Waals surface area (Å²) in [7, 11) is 0. The Morgan fingerprint density at radius 2 is 0.957 bits per heavy atom. The summed E-state index contributed by atoms with van der Waals surface area (Å²) >= 11 is 0. The van der Waals surface area contributed by atoms with Crippen LogP contribution in [0.1, 0.15) is 130 Å². The average molecular weight is 325 g/mol. The Morgan fingerprint density at radius 3 is 1.35 bits per heavy atom. The van der Waals surface area contributed by atoms with Crippen LogP contribution in [0.4, 0.5) is 0 Å². The van der Waals surface area contributed by atoms with Crippen molar-refractivity contribution in [3.8, 4) is 0 Å². The molecule has 0 atom stereocenters. The van der Waals surface area contributed by atoms with Gasteiger partial charge in [-0.3, -0.25) is 4.79 Å². The van der Waals surface area contributed by atoms with E-state index in [4.69, 9.17) is 0 Å². The fourth-order valence-electron chi connectivity index (χ4n) is 3.51. The van der Waals surface area contributed by atoms with Crippen LogP contribution in [0.2, 0.25) is 0 Å². The first-order valence-electron chi connectivity index (χ1n) is 10.8. The highest BCUT2D eigenvalue weighted by molar-refractivity contribution is 5.80. The molecule has 0 spiro atoms. The van der Waals surface area contributed by atoms with E-state index in [1.165, 1.54) is 70.6 Å². The van der Waals surface area contributed by atoms with E-state index in [1.807, 2.05) is 0 Å². The lowest BCUT2D eigenvalue weighted by Crippen LogP contribution is -2.14. The molecule has 1 nitrogen and oxygen atoms in total. The summed E-state index contributed by atoms with van der Waals surface area (Å²) in [4.78, 5) is 12.2. The van der Waals surface area contributed by atoms with Gasteiger partial charge in [-0.15, -0.1) is 0 Å². The first-order valence-corrected chi connectivity index (χ1v) is 10.8. The highest BCUT2D eigenvalue weighted by atomic mass is 16.1. The predicted molar refractivity (Wildman–Crippen MR) is 104 cm³/mol. The minimum atomic E-state index is 0.359. The molecule has 0 aliphatic rings. The van der Waals surface area contributed by atoms with E-state index >= 15 is 0 Å². The van der Waals surface area contributed by atoms with E-state index in [9.17, 15) is 4.79 Å². The van der Waals surface area contributed by atoms with Gasteiger partial charge < -0.3 is 0 Å². The molecule has 138 valence electrons. The normalized spacial score (nSPS) is 11.3. The summed E-state index contributed by atoms with van der Waals surface area (Å²) < 4.78 is 0. The predicted octanol–water partition coefficient (Wildman–Crippen LogP) is 7.86. The first-order chi connectivity index (χ1) is 11.3. The van der Waals surface area contributed by atoms with Crippen molar-refractivity contribution < 1.29 is 4.79 Å². The maximum atomic E-state index is 12.2. The van der Waals surface area contributed by atoms with Crippen LogP contribution >= 0.6 is 0 Å². The number of ketones is 1. The molecule has 0 amide bonds. The topological polar surface area (TPSA) is 17.1 Å². The number of hydrogen-bond acceptors (Lipinski definition) is 1. The first kappa shape index (κ1) is 22.7. The molecule has 0 unspecified atom stereocenters. The van der Waals surface area contributed by atoms with Gasteiger partial charge in [0.15, 0.2) is 0 Å². The molecular formula is C22H44O. The van der Waals surface area contributed by atoms with Gasteiger partial charge in [0.2, 0.25) is 0 Å². The minimum absolute atomic E-state index is 0.359. The SMILES string of the molecule is CCCCCCCCCCCCCCC(=O)C(CCC)CCC. The Bertz CT molecular complexity index is 240. The van der Waals surface area contributed by atoms with Crippen LogP contribution in [-0.2, 0) is 4.79 Å². The number of hydrogen-bond donors (Lipinski definition) is 0. The third-order valence-electron chi connectivity index (χ3n) is 5.01. The molecule has 0 saturated heterocycles. The van der Waals surface area contributed by atoms with Crippen LogP contribution in [0.5, 0.6) is 0 Å². The van der Waals surface area contributed by atoms with Crippen molar-refractivity contribution in [3.63, 3.8) is 0 Å². The molecule has 23 heavy (non-hydrogen) atoms. The van der Waals surface area contributed by atoms with Crippen LogP contribution in [-0.4, -0.2) is 5.78 Å². The van der Waals surface area contributed by atoms with Gasteiger partial charge in [0.05, 0.1) is 0 Å². The lowest BCUT2D eigenvalue weighted by atomic mass is 9.91. The molecule has 0 bridgehead atoms. The van der Waals surface area contributed by atoms with Gasteiger partial charge in [-0.2, -0.15) is 0 Å². The fraction of sp³-hybridized carbons (Fsp3) is 0.955. The molecule has 0 aromatic carbocycles. The Kier molecular flexibility index (Phi) is 17.8. The van der Waals surface area contributed by atoms with E-state index in [0.29, 0.717) is 11.7 Å². The summed E-state index contributed by atoms with van der Waals surface area (Å²) in [5.41, 5.74) is 0. The van der Waals surface area contributed by atoms with Gasteiger partial charge in [0.25, 0.3) is 0 Å². The second-order valence-corrected chi connectivity index (χ2v) is 7.38. The van der Waals surface area contributed by atoms with Gasteiger partial charge in [0.1, 0.15) is 5.78 Å². The molecule has 0 heterocycles. The van der Waals surface area contributed by atoms with Crippen molar-refractivity contribution in [1.82, 2.24) is 0 Å². The van der Waals surface area contributed by atoms with Crippen LogP contribution in [0.15, 0.2) is 0 Å². The number of carbonyl (C=O) groups is 1. The van der Waals surface area contributed by atoms with Gasteiger partial charge >= 0.3 is 0 Å². The third-order valence-corrected chi connectivity index (χ3v) is 5.01. The van der Waals surface area contributed by atoms with Crippen LogP contribution in [0, 0.1) is 5.92 Å². The smallest absolute Gasteiger partial charge is 0.135 e. The molecule has 0 aromatic heterocycles. The fourth-order valence-corrected chi connectivity index (χ4v) is 3.51. The Balaban J connectivity index is 3.36. The largest absolute Gasteiger partial charge is 0.299 e. The van der Waals surface area contributed by atoms with Crippen molar-refractivity contribution in [1.29, 1.82) is 0 Å². The summed E-state index contributed by atoms with van der Waals surface area (Å²) in [6.45, 7) is 6.67. The lowest BCUT2D eigenvalue weighted by molar-refractivity contribution is -0.123. The molecule has 0 fully saturated rings. The zero-order valence-electron chi connectivity index (χ0n) is 16.5. The molecular weight excluding hydrogens is 280 g/mol. The molecule has 0 aliphatic carbocycles. The second-order valence-electron chi connectivity index (χ2n) is 7.38. The zero-order valence-corrected chi connectivity index (χ0v) is 16.5. The minimum Gasteiger partial charge on any atom is -0.299 e. The van der Waals surface area contributed by atoms with Gasteiger partial charge in [-0.25, -0.2) is 0 Å². The molecule has 0 aliphatic heterocycles. The van der Waals surface area contributed by atoms with Crippen molar-refractivity contribution in [2.75, 3.05) is 0 Å². The Morgan fingerprint density at radius 1 is 0.565 bits per heavy atom. The lowest BCUT2D eigenvalue weighted by Gasteiger charge is -2.13. The molecule has 0 aromatic rings. The van der Waals surface area contributed by atoms with E-state index in [0.717, 1.165) is 38.5 Å². The summed E-state index contributed by atoms with van der Waals surface area (Å²) in [6.07, 6.45) is 21.7. The van der Waals surface area contributed by atoms with Gasteiger partial charge in [-0.05, 0) is 19.3 Å². The van der Waals surface area contributed by atoms with Crippen molar-refractivity contribution in [2.24, 2.45) is 5.92 Å². The number of rotatable bonds is 18. The summed E-state index contributed by atoms with van der Waals surface area (Å²) in [5.74, 6) is 0.901. The van der Waals surface area contributed by atoms with Crippen molar-refractivity contribution in [2.45, 2.75) is 130 Å².